The summed E-state index contributed by atoms with van der Waals surface area (Å²) in [4.78, 5) is 25.4. The van der Waals surface area contributed by atoms with Crippen LogP contribution in [0.15, 0.2) is 0 Å². The molecule has 1 saturated heterocycles. The van der Waals surface area contributed by atoms with Crippen molar-refractivity contribution >= 4 is 24.3 Å². The van der Waals surface area contributed by atoms with Crippen LogP contribution in [0.3, 0.4) is 0 Å². The molecular formula is C15H29ClN2O3. The second-order valence-electron chi connectivity index (χ2n) is 6.26. The molecule has 0 radical (unpaired) electrons. The van der Waals surface area contributed by atoms with Gasteiger partial charge in [-0.25, -0.2) is 0 Å². The molecule has 21 heavy (non-hydrogen) atoms. The number of aliphatic carboxylic acids is 1. The maximum absolute atomic E-state index is 12.4. The lowest BCUT2D eigenvalue weighted by Gasteiger charge is -2.37. The first-order chi connectivity index (χ1) is 9.35. The molecule has 0 aliphatic carbocycles. The number of nitrogens with one attached hydrogen (secondary N) is 1. The van der Waals surface area contributed by atoms with Crippen LogP contribution < -0.4 is 5.32 Å². The van der Waals surface area contributed by atoms with Crippen LogP contribution in [0.4, 0.5) is 0 Å². The third kappa shape index (κ3) is 6.22. The molecule has 1 rings (SSSR count). The van der Waals surface area contributed by atoms with Crippen molar-refractivity contribution in [2.75, 3.05) is 13.1 Å². The number of piperidine rings is 1. The largest absolute Gasteiger partial charge is 0.480 e. The highest BCUT2D eigenvalue weighted by Gasteiger charge is 2.30. The predicted octanol–water partition coefficient (Wildman–Crippen LogP) is 2.14. The maximum Gasteiger partial charge on any atom is 0.320 e. The number of carboxylic acid groups (broad SMARTS) is 1. The fraction of sp³-hybridized carbons (Fsp3) is 0.867. The van der Waals surface area contributed by atoms with E-state index in [1.807, 2.05) is 11.8 Å². The van der Waals surface area contributed by atoms with Crippen LogP contribution in [0.5, 0.6) is 0 Å². The molecule has 4 unspecified atom stereocenters. The fourth-order valence-corrected chi connectivity index (χ4v) is 3.06. The average Bonchev–Trinajstić information content (AvgIpc) is 2.35. The molecular weight excluding hydrogens is 292 g/mol. The molecule has 1 aliphatic heterocycles. The van der Waals surface area contributed by atoms with Gasteiger partial charge >= 0.3 is 5.97 Å². The Hall–Kier alpha value is -0.810. The average molecular weight is 321 g/mol. The van der Waals surface area contributed by atoms with Gasteiger partial charge in [0.05, 0.1) is 6.04 Å². The maximum atomic E-state index is 12.4. The van der Waals surface area contributed by atoms with E-state index in [0.29, 0.717) is 18.3 Å². The zero-order valence-corrected chi connectivity index (χ0v) is 14.3. The van der Waals surface area contributed by atoms with Gasteiger partial charge in [-0.05, 0) is 31.6 Å². The summed E-state index contributed by atoms with van der Waals surface area (Å²) in [5, 5.41) is 12.1. The Labute approximate surface area is 133 Å². The van der Waals surface area contributed by atoms with Gasteiger partial charge in [0.2, 0.25) is 5.91 Å². The van der Waals surface area contributed by atoms with Crippen LogP contribution in [0.25, 0.3) is 0 Å². The van der Waals surface area contributed by atoms with E-state index in [4.69, 9.17) is 5.11 Å². The van der Waals surface area contributed by atoms with Crippen molar-refractivity contribution in [1.82, 2.24) is 10.2 Å². The van der Waals surface area contributed by atoms with E-state index >= 15 is 0 Å². The van der Waals surface area contributed by atoms with Gasteiger partial charge in [-0.3, -0.25) is 14.9 Å². The lowest BCUT2D eigenvalue weighted by molar-refractivity contribution is -0.141. The van der Waals surface area contributed by atoms with Crippen LogP contribution >= 0.6 is 12.4 Å². The first kappa shape index (κ1) is 20.2. The first-order valence-electron chi connectivity index (χ1n) is 7.62. The normalized spacial score (nSPS) is 24.9. The molecule has 4 atom stereocenters. The zero-order chi connectivity index (χ0) is 15.3. The molecule has 0 spiro atoms. The smallest absolute Gasteiger partial charge is 0.320 e. The lowest BCUT2D eigenvalue weighted by Crippen LogP contribution is -2.53. The standard InChI is InChI=1S/C15H28N2O3.ClH/c1-5-6-13(15(19)20)16-12(4)14(18)17-8-10(2)7-11(3)9-17;/h10-13,16H,5-9H2,1-4H3,(H,19,20);1H. The minimum absolute atomic E-state index is 0. The van der Waals surface area contributed by atoms with E-state index in [1.165, 1.54) is 0 Å². The van der Waals surface area contributed by atoms with Crippen molar-refractivity contribution in [2.45, 2.75) is 59.0 Å². The Morgan fingerprint density at radius 1 is 1.29 bits per heavy atom. The molecule has 0 aromatic rings. The van der Waals surface area contributed by atoms with Gasteiger partial charge in [0.1, 0.15) is 6.04 Å². The van der Waals surface area contributed by atoms with E-state index in [0.717, 1.165) is 25.9 Å². The summed E-state index contributed by atoms with van der Waals surface area (Å²) >= 11 is 0. The lowest BCUT2D eigenvalue weighted by atomic mass is 9.91. The molecule has 1 amide bonds. The van der Waals surface area contributed by atoms with Crippen molar-refractivity contribution in [2.24, 2.45) is 11.8 Å². The molecule has 0 aromatic carbocycles. The third-order valence-corrected chi connectivity index (χ3v) is 3.88. The van der Waals surface area contributed by atoms with E-state index in [-0.39, 0.29) is 18.3 Å². The van der Waals surface area contributed by atoms with Crippen LogP contribution in [-0.4, -0.2) is 47.1 Å². The Bertz CT molecular complexity index is 342. The van der Waals surface area contributed by atoms with Gasteiger partial charge in [-0.1, -0.05) is 27.2 Å². The molecule has 5 nitrogen and oxygen atoms in total. The molecule has 6 heteroatoms. The van der Waals surface area contributed by atoms with Gasteiger partial charge in [0.25, 0.3) is 0 Å². The van der Waals surface area contributed by atoms with Crippen LogP contribution in [0.1, 0.15) is 47.0 Å². The highest BCUT2D eigenvalue weighted by atomic mass is 35.5. The molecule has 0 bridgehead atoms. The number of carbonyl (C=O) groups excluding carboxylic acids is 1. The van der Waals surface area contributed by atoms with E-state index < -0.39 is 18.1 Å². The number of carbonyl (C=O) groups is 2. The summed E-state index contributed by atoms with van der Waals surface area (Å²) in [6.07, 6.45) is 2.47. The summed E-state index contributed by atoms with van der Waals surface area (Å²) in [6.45, 7) is 9.58. The number of likely N-dealkylation sites (tertiary alicyclic amines) is 1. The highest BCUT2D eigenvalue weighted by molar-refractivity contribution is 5.85. The van der Waals surface area contributed by atoms with Crippen molar-refractivity contribution < 1.29 is 14.7 Å². The summed E-state index contributed by atoms with van der Waals surface area (Å²) < 4.78 is 0. The van der Waals surface area contributed by atoms with Crippen molar-refractivity contribution in [3.8, 4) is 0 Å². The minimum Gasteiger partial charge on any atom is -0.480 e. The summed E-state index contributed by atoms with van der Waals surface area (Å²) in [7, 11) is 0. The highest BCUT2D eigenvalue weighted by Crippen LogP contribution is 2.21. The number of amides is 1. The predicted molar refractivity (Wildman–Crippen MR) is 85.7 cm³/mol. The fourth-order valence-electron chi connectivity index (χ4n) is 3.06. The SMILES string of the molecule is CCCC(NC(C)C(=O)N1CC(C)CC(C)C1)C(=O)O.Cl. The van der Waals surface area contributed by atoms with Gasteiger partial charge in [0.15, 0.2) is 0 Å². The second-order valence-corrected chi connectivity index (χ2v) is 6.26. The number of halogens is 1. The molecule has 2 N–H and O–H groups in total. The van der Waals surface area contributed by atoms with Crippen molar-refractivity contribution in [3.05, 3.63) is 0 Å². The number of rotatable bonds is 6. The molecule has 1 fully saturated rings. The minimum atomic E-state index is -0.883. The van der Waals surface area contributed by atoms with Crippen molar-refractivity contribution in [1.29, 1.82) is 0 Å². The Morgan fingerprint density at radius 2 is 1.81 bits per heavy atom. The number of carboxylic acids is 1. The third-order valence-electron chi connectivity index (χ3n) is 3.88. The van der Waals surface area contributed by atoms with E-state index in [2.05, 4.69) is 19.2 Å². The van der Waals surface area contributed by atoms with Gasteiger partial charge in [0, 0.05) is 13.1 Å². The molecule has 1 heterocycles. The number of nitrogens with zero attached hydrogens (tertiary/aromatic N) is 1. The van der Waals surface area contributed by atoms with Crippen LogP contribution in [0.2, 0.25) is 0 Å². The molecule has 1 aliphatic rings. The van der Waals surface area contributed by atoms with Gasteiger partial charge < -0.3 is 10.0 Å². The number of hydrogen-bond acceptors (Lipinski definition) is 3. The van der Waals surface area contributed by atoms with Gasteiger partial charge in [-0.2, -0.15) is 0 Å². The Morgan fingerprint density at radius 3 is 2.24 bits per heavy atom. The van der Waals surface area contributed by atoms with Crippen LogP contribution in [-0.2, 0) is 9.59 Å². The molecule has 124 valence electrons. The summed E-state index contributed by atoms with van der Waals surface area (Å²) in [6, 6.07) is -1.08. The molecule has 0 aromatic heterocycles. The quantitative estimate of drug-likeness (QED) is 0.786. The van der Waals surface area contributed by atoms with Crippen LogP contribution in [0, 0.1) is 11.8 Å². The van der Waals surface area contributed by atoms with Gasteiger partial charge in [-0.15, -0.1) is 12.4 Å². The monoisotopic (exact) mass is 320 g/mol. The Balaban J connectivity index is 0.00000400. The zero-order valence-electron chi connectivity index (χ0n) is 13.5. The molecule has 0 saturated carbocycles. The number of hydrogen-bond donors (Lipinski definition) is 2. The van der Waals surface area contributed by atoms with E-state index in [9.17, 15) is 9.59 Å². The first-order valence-corrected chi connectivity index (χ1v) is 7.62. The topological polar surface area (TPSA) is 69.6 Å². The summed E-state index contributed by atoms with van der Waals surface area (Å²) in [5.41, 5.74) is 0. The second kappa shape index (κ2) is 9.26. The van der Waals surface area contributed by atoms with E-state index in [1.54, 1.807) is 6.92 Å². The van der Waals surface area contributed by atoms with Crippen molar-refractivity contribution in [3.63, 3.8) is 0 Å². The summed E-state index contributed by atoms with van der Waals surface area (Å²) in [5.74, 6) is 0.166. The Kier molecular flexibility index (Phi) is 8.90.